The first-order valence-corrected chi connectivity index (χ1v) is 7.08. The fourth-order valence-corrected chi connectivity index (χ4v) is 3.46. The molecule has 2 atom stereocenters. The van der Waals surface area contributed by atoms with Crippen LogP contribution in [0.1, 0.15) is 15.9 Å². The van der Waals surface area contributed by atoms with Crippen LogP contribution in [0.15, 0.2) is 36.4 Å². The number of anilines is 1. The number of hydroxylamine groups is 1. The van der Waals surface area contributed by atoms with Gasteiger partial charge in [-0.2, -0.15) is 5.23 Å². The van der Waals surface area contributed by atoms with Crippen LogP contribution in [0.25, 0.3) is 0 Å². The van der Waals surface area contributed by atoms with Gasteiger partial charge in [0.1, 0.15) is 5.56 Å². The molecular formula is C14H8Cl2N2O4. The monoisotopic (exact) mass is 338 g/mol. The quantitative estimate of drug-likeness (QED) is 0.648. The number of para-hydroxylation sites is 1. The third kappa shape index (κ3) is 1.62. The van der Waals surface area contributed by atoms with Crippen molar-refractivity contribution in [2.45, 2.75) is 5.72 Å². The molecule has 0 bridgehead atoms. The third-order valence-electron chi connectivity index (χ3n) is 3.78. The third-order valence-corrected chi connectivity index (χ3v) is 4.29. The van der Waals surface area contributed by atoms with E-state index in [1.807, 2.05) is 0 Å². The van der Waals surface area contributed by atoms with E-state index in [0.717, 1.165) is 0 Å². The molecule has 0 aliphatic carbocycles. The van der Waals surface area contributed by atoms with E-state index in [-0.39, 0.29) is 27.1 Å². The van der Waals surface area contributed by atoms with Gasteiger partial charge in [0.2, 0.25) is 5.78 Å². The number of hydrogen-bond donors (Lipinski definition) is 2. The minimum atomic E-state index is -1.50. The maximum absolute atomic E-state index is 12.7. The Balaban J connectivity index is 1.95. The molecule has 2 aromatic carbocycles. The number of quaternary nitrogens is 1. The first-order valence-electron chi connectivity index (χ1n) is 6.33. The van der Waals surface area contributed by atoms with E-state index in [1.165, 1.54) is 17.2 Å². The molecule has 112 valence electrons. The zero-order valence-corrected chi connectivity index (χ0v) is 12.4. The summed E-state index contributed by atoms with van der Waals surface area (Å²) in [4.78, 5) is 18.2. The van der Waals surface area contributed by atoms with Crippen LogP contribution in [0, 0.1) is 5.21 Å². The fourth-order valence-electron chi connectivity index (χ4n) is 2.84. The van der Waals surface area contributed by atoms with Crippen molar-refractivity contribution in [3.63, 3.8) is 0 Å². The molecule has 0 amide bonds. The molecule has 0 spiro atoms. The maximum atomic E-state index is 12.7. The van der Waals surface area contributed by atoms with Gasteiger partial charge in [-0.1, -0.05) is 35.3 Å². The average molecular weight is 339 g/mol. The van der Waals surface area contributed by atoms with Gasteiger partial charge < -0.3 is 5.21 Å². The molecule has 8 heteroatoms. The van der Waals surface area contributed by atoms with Crippen LogP contribution < -0.4 is 10.3 Å². The number of carbonyl (C=O) groups excluding carboxylic acids is 1. The Morgan fingerprint density at radius 1 is 1.27 bits per heavy atom. The van der Waals surface area contributed by atoms with Crippen LogP contribution in [0.2, 0.25) is 10.0 Å². The lowest BCUT2D eigenvalue weighted by Gasteiger charge is -2.18. The van der Waals surface area contributed by atoms with Gasteiger partial charge in [-0.3, -0.25) is 4.79 Å². The van der Waals surface area contributed by atoms with Gasteiger partial charge >= 0.3 is 0 Å². The Labute approximate surface area is 134 Å². The van der Waals surface area contributed by atoms with Gasteiger partial charge in [-0.15, -0.1) is 0 Å². The first kappa shape index (κ1) is 14.0. The minimum Gasteiger partial charge on any atom is -0.595 e. The summed E-state index contributed by atoms with van der Waals surface area (Å²) in [5.41, 5.74) is -0.488. The highest BCUT2D eigenvalue weighted by atomic mass is 35.5. The zero-order chi connectivity index (χ0) is 15.6. The average Bonchev–Trinajstić information content (AvgIpc) is 3.16. The van der Waals surface area contributed by atoms with Crippen molar-refractivity contribution in [2.24, 2.45) is 0 Å². The molecule has 2 aliphatic heterocycles. The van der Waals surface area contributed by atoms with Gasteiger partial charge in [-0.05, 0) is 18.2 Å². The van der Waals surface area contributed by atoms with Crippen LogP contribution in [-0.4, -0.2) is 11.0 Å². The Morgan fingerprint density at radius 2 is 2.00 bits per heavy atom. The number of hydrogen-bond acceptors (Lipinski definition) is 5. The molecule has 2 aromatic rings. The molecule has 1 fully saturated rings. The number of nitrogens with zero attached hydrogens (tertiary/aromatic N) is 1. The summed E-state index contributed by atoms with van der Waals surface area (Å²) in [6.07, 6.45) is 0. The predicted octanol–water partition coefficient (Wildman–Crippen LogP) is 2.20. The second-order valence-corrected chi connectivity index (χ2v) is 5.83. The molecule has 6 nitrogen and oxygen atoms in total. The van der Waals surface area contributed by atoms with Gasteiger partial charge in [0, 0.05) is 16.7 Å². The van der Waals surface area contributed by atoms with E-state index in [0.29, 0.717) is 11.3 Å². The highest BCUT2D eigenvalue weighted by Gasteiger charge is 2.71. The highest BCUT2D eigenvalue weighted by molar-refractivity contribution is 6.36. The van der Waals surface area contributed by atoms with Gasteiger partial charge in [0.15, 0.2) is 5.69 Å². The van der Waals surface area contributed by atoms with Gasteiger partial charge in [-0.25, -0.2) is 15.1 Å². The van der Waals surface area contributed by atoms with Gasteiger partial charge in [0.25, 0.3) is 5.72 Å². The summed E-state index contributed by atoms with van der Waals surface area (Å²) in [7, 11) is 0. The predicted molar refractivity (Wildman–Crippen MR) is 78.3 cm³/mol. The SMILES string of the molecule is O=C1c2ccccc2N2O[C@]12c1c(Cl)cc(Cl)cc1[NH+]([O-])O. The van der Waals surface area contributed by atoms with Crippen molar-refractivity contribution in [3.8, 4) is 0 Å². The summed E-state index contributed by atoms with van der Waals surface area (Å²) in [6, 6.07) is 9.56. The lowest BCUT2D eigenvalue weighted by Crippen LogP contribution is -2.99. The number of fused-ring (bicyclic) bond motifs is 3. The van der Waals surface area contributed by atoms with Crippen molar-refractivity contribution in [3.05, 3.63) is 62.8 Å². The molecule has 0 saturated carbocycles. The molecule has 2 N–H and O–H groups in total. The summed E-state index contributed by atoms with van der Waals surface area (Å²) in [6.45, 7) is 0. The lowest BCUT2D eigenvalue weighted by atomic mass is 9.97. The Hall–Kier alpha value is -1.67. The summed E-state index contributed by atoms with van der Waals surface area (Å²) in [5, 5.41) is 21.3. The standard InChI is InChI=1S/C14H8Cl2N2O4/c15-7-5-9(16)12(11(6-7)18(20)21)14-13(19)8-3-1-2-4-10(8)17(14)22-14/h1-6,18,20H/t14-,17?/m1/s1. The zero-order valence-electron chi connectivity index (χ0n) is 10.8. The topological polar surface area (TPSA) is 80.3 Å². The molecule has 0 aromatic heterocycles. The number of halogens is 2. The molecule has 0 radical (unpaired) electrons. The van der Waals surface area contributed by atoms with Crippen molar-refractivity contribution in [2.75, 3.05) is 5.06 Å². The molecular weight excluding hydrogens is 331 g/mol. The largest absolute Gasteiger partial charge is 0.595 e. The summed E-state index contributed by atoms with van der Waals surface area (Å²) >= 11 is 12.0. The molecule has 4 rings (SSSR count). The number of nitrogens with one attached hydrogen (secondary N) is 1. The number of ketones is 1. The minimum absolute atomic E-state index is 0.0774. The van der Waals surface area contributed by atoms with E-state index >= 15 is 0 Å². The Kier molecular flexibility index (Phi) is 2.80. The van der Waals surface area contributed by atoms with Crippen LogP contribution in [0.4, 0.5) is 11.4 Å². The molecule has 1 unspecified atom stereocenters. The number of rotatable bonds is 2. The second kappa shape index (κ2) is 4.42. The van der Waals surface area contributed by atoms with E-state index in [9.17, 15) is 15.2 Å². The number of benzene rings is 2. The van der Waals surface area contributed by atoms with Crippen molar-refractivity contribution < 1.29 is 20.1 Å². The van der Waals surface area contributed by atoms with E-state index in [2.05, 4.69) is 0 Å². The van der Waals surface area contributed by atoms with Crippen LogP contribution in [0.5, 0.6) is 0 Å². The molecule has 2 heterocycles. The lowest BCUT2D eigenvalue weighted by molar-refractivity contribution is -0.991. The van der Waals surface area contributed by atoms with Crippen LogP contribution in [0.3, 0.4) is 0 Å². The molecule has 22 heavy (non-hydrogen) atoms. The van der Waals surface area contributed by atoms with Crippen LogP contribution >= 0.6 is 23.2 Å². The van der Waals surface area contributed by atoms with Crippen molar-refractivity contribution in [1.29, 1.82) is 0 Å². The van der Waals surface area contributed by atoms with Gasteiger partial charge in [0.05, 0.1) is 10.7 Å². The highest BCUT2D eigenvalue weighted by Crippen LogP contribution is 2.59. The molecule has 1 saturated heterocycles. The van der Waals surface area contributed by atoms with E-state index in [1.54, 1.807) is 24.3 Å². The van der Waals surface area contributed by atoms with Crippen molar-refractivity contribution in [1.82, 2.24) is 0 Å². The van der Waals surface area contributed by atoms with E-state index < -0.39 is 11.0 Å². The summed E-state index contributed by atoms with van der Waals surface area (Å²) in [5.74, 6) is -0.338. The second-order valence-electron chi connectivity index (χ2n) is 4.99. The summed E-state index contributed by atoms with van der Waals surface area (Å²) < 4.78 is 0. The van der Waals surface area contributed by atoms with Crippen LogP contribution in [-0.2, 0) is 10.6 Å². The maximum Gasteiger partial charge on any atom is 0.286 e. The first-order chi connectivity index (χ1) is 10.5. The Morgan fingerprint density at radius 3 is 2.68 bits per heavy atom. The fraction of sp³-hybridized carbons (Fsp3) is 0.0714. The Bertz CT molecular complexity index is 826. The normalized spacial score (nSPS) is 23.3. The number of carbonyl (C=O) groups is 1. The van der Waals surface area contributed by atoms with Crippen molar-refractivity contribution >= 4 is 40.4 Å². The smallest absolute Gasteiger partial charge is 0.286 e. The van der Waals surface area contributed by atoms with E-state index in [4.69, 9.17) is 28.0 Å². The molecule has 2 aliphatic rings. The number of Topliss-reactive ketones (excluding diaryl/α,β-unsaturated/α-hetero) is 1.